The zero-order valence-corrected chi connectivity index (χ0v) is 21.3. The number of nitrogens with zero attached hydrogens (tertiary/aromatic N) is 3. The van der Waals surface area contributed by atoms with Crippen LogP contribution in [0.5, 0.6) is 0 Å². The summed E-state index contributed by atoms with van der Waals surface area (Å²) in [7, 11) is 1.28. The molecule has 0 aliphatic carbocycles. The SMILES string of the molecule is CO/N=C(/C(=O)N[C@@H]1C(=O)N2C(C(=O)OC(C)OC(C)=O)=C([C@@H]3CCCO3)CS[C@H]12)c1csc(N)n1. The number of oxime groups is 1. The first-order valence-corrected chi connectivity index (χ1v) is 12.9. The number of β-lactam (4-membered cyclic amide) rings is 1. The Kier molecular flexibility index (Phi) is 7.80. The lowest BCUT2D eigenvalue weighted by molar-refractivity contribution is -0.182. The van der Waals surface area contributed by atoms with E-state index in [0.717, 1.165) is 17.8 Å². The molecule has 0 bridgehead atoms. The molecule has 4 rings (SSSR count). The van der Waals surface area contributed by atoms with Gasteiger partial charge in [0.15, 0.2) is 10.8 Å². The average Bonchev–Trinajstić information content (AvgIpc) is 3.51. The van der Waals surface area contributed by atoms with Crippen LogP contribution < -0.4 is 11.1 Å². The van der Waals surface area contributed by atoms with Gasteiger partial charge >= 0.3 is 11.9 Å². The fourth-order valence-electron chi connectivity index (χ4n) is 4.10. The third-order valence-corrected chi connectivity index (χ3v) is 7.54. The molecule has 2 fully saturated rings. The number of esters is 2. The topological polar surface area (TPSA) is 172 Å². The third-order valence-electron chi connectivity index (χ3n) is 5.56. The van der Waals surface area contributed by atoms with Gasteiger partial charge in [0, 0.05) is 31.6 Å². The first-order chi connectivity index (χ1) is 17.2. The molecule has 13 nitrogen and oxygen atoms in total. The van der Waals surface area contributed by atoms with Crippen molar-refractivity contribution in [1.29, 1.82) is 0 Å². The van der Waals surface area contributed by atoms with Crippen LogP contribution in [0.25, 0.3) is 0 Å². The van der Waals surface area contributed by atoms with E-state index >= 15 is 0 Å². The minimum absolute atomic E-state index is 0.0539. The average molecular weight is 540 g/mol. The second-order valence-electron chi connectivity index (χ2n) is 8.01. The van der Waals surface area contributed by atoms with E-state index in [1.54, 1.807) is 5.38 Å². The lowest BCUT2D eigenvalue weighted by Crippen LogP contribution is -2.71. The van der Waals surface area contributed by atoms with E-state index in [1.807, 2.05) is 0 Å². The smallest absolute Gasteiger partial charge is 0.358 e. The van der Waals surface area contributed by atoms with Gasteiger partial charge in [0.2, 0.25) is 6.29 Å². The summed E-state index contributed by atoms with van der Waals surface area (Å²) in [5.74, 6) is -2.21. The van der Waals surface area contributed by atoms with E-state index in [0.29, 0.717) is 24.4 Å². The lowest BCUT2D eigenvalue weighted by atomic mass is 9.99. The summed E-state index contributed by atoms with van der Waals surface area (Å²) in [5, 5.41) is 7.61. The van der Waals surface area contributed by atoms with E-state index in [2.05, 4.69) is 15.5 Å². The maximum Gasteiger partial charge on any atom is 0.358 e. The Bertz CT molecular complexity index is 1130. The van der Waals surface area contributed by atoms with E-state index in [-0.39, 0.29) is 28.3 Å². The number of nitrogens with two attached hydrogens (primary N) is 1. The molecule has 15 heteroatoms. The number of hydrogen-bond donors (Lipinski definition) is 2. The molecule has 4 atom stereocenters. The van der Waals surface area contributed by atoms with Crippen LogP contribution >= 0.6 is 23.1 Å². The summed E-state index contributed by atoms with van der Waals surface area (Å²) in [6.07, 6.45) is 0.0461. The number of rotatable bonds is 8. The molecule has 3 aliphatic heterocycles. The number of fused-ring (bicyclic) bond motifs is 1. The Morgan fingerprint density at radius 1 is 1.36 bits per heavy atom. The number of hydrogen-bond acceptors (Lipinski definition) is 13. The number of aromatic nitrogens is 1. The van der Waals surface area contributed by atoms with Crippen LogP contribution in [0.1, 0.15) is 32.4 Å². The van der Waals surface area contributed by atoms with E-state index in [4.69, 9.17) is 24.8 Å². The van der Waals surface area contributed by atoms with Gasteiger partial charge < -0.3 is 30.1 Å². The van der Waals surface area contributed by atoms with Crippen molar-refractivity contribution in [3.63, 3.8) is 0 Å². The predicted octanol–water partition coefficient (Wildman–Crippen LogP) is 0.361. The third kappa shape index (κ3) is 5.17. The Balaban J connectivity index is 1.55. The Hall–Kier alpha value is -3.17. The summed E-state index contributed by atoms with van der Waals surface area (Å²) in [6, 6.07) is -0.930. The molecular weight excluding hydrogens is 514 g/mol. The van der Waals surface area contributed by atoms with Crippen molar-refractivity contribution in [1.82, 2.24) is 15.2 Å². The zero-order valence-electron chi connectivity index (χ0n) is 19.7. The minimum atomic E-state index is -1.15. The molecular formula is C21H25N5O8S2. The van der Waals surface area contributed by atoms with E-state index in [9.17, 15) is 19.2 Å². The first kappa shape index (κ1) is 25.9. The van der Waals surface area contributed by atoms with Gasteiger partial charge in [0.05, 0.1) is 6.10 Å². The quantitative estimate of drug-likeness (QED) is 0.154. The van der Waals surface area contributed by atoms with Crippen molar-refractivity contribution < 1.29 is 38.2 Å². The van der Waals surface area contributed by atoms with Gasteiger partial charge in [0.1, 0.15) is 29.9 Å². The molecule has 2 saturated heterocycles. The molecule has 4 heterocycles. The van der Waals surface area contributed by atoms with Gasteiger partial charge in [-0.2, -0.15) is 0 Å². The molecule has 2 amide bonds. The summed E-state index contributed by atoms with van der Waals surface area (Å²) in [5.41, 5.74) is 6.42. The second kappa shape index (κ2) is 10.8. The van der Waals surface area contributed by atoms with Crippen molar-refractivity contribution in [2.24, 2.45) is 5.16 Å². The number of anilines is 1. The van der Waals surface area contributed by atoms with Crippen molar-refractivity contribution in [2.45, 2.75) is 50.5 Å². The van der Waals surface area contributed by atoms with Crippen LogP contribution in [0.4, 0.5) is 5.13 Å². The normalized spacial score (nSPS) is 24.5. The molecule has 1 aromatic heterocycles. The fourth-order valence-corrected chi connectivity index (χ4v) is 6.05. The van der Waals surface area contributed by atoms with Gasteiger partial charge in [0.25, 0.3) is 11.8 Å². The molecule has 0 saturated carbocycles. The number of carbonyl (C=O) groups excluding carboxylic acids is 4. The molecule has 0 spiro atoms. The number of thiazole rings is 1. The van der Waals surface area contributed by atoms with Crippen molar-refractivity contribution in [2.75, 3.05) is 25.2 Å². The van der Waals surface area contributed by atoms with Crippen LogP contribution in [-0.2, 0) is 38.2 Å². The molecule has 3 N–H and O–H groups in total. The Morgan fingerprint density at radius 2 is 2.14 bits per heavy atom. The van der Waals surface area contributed by atoms with Crippen molar-refractivity contribution in [3.8, 4) is 0 Å². The van der Waals surface area contributed by atoms with Crippen molar-refractivity contribution >= 4 is 57.7 Å². The molecule has 0 radical (unpaired) electrons. The summed E-state index contributed by atoms with van der Waals surface area (Å²) in [4.78, 5) is 60.6. The number of ether oxygens (including phenoxy) is 3. The molecule has 194 valence electrons. The van der Waals surface area contributed by atoms with Gasteiger partial charge in [-0.05, 0) is 18.4 Å². The molecule has 1 aromatic rings. The fraction of sp³-hybridized carbons (Fsp3) is 0.524. The zero-order chi connectivity index (χ0) is 26.0. The number of carbonyl (C=O) groups is 4. The molecule has 1 unspecified atom stereocenters. The summed E-state index contributed by atoms with van der Waals surface area (Å²) in [6.45, 7) is 3.15. The van der Waals surface area contributed by atoms with Crippen LogP contribution in [0, 0.1) is 0 Å². The van der Waals surface area contributed by atoms with Gasteiger partial charge in [-0.25, -0.2) is 9.78 Å². The molecule has 3 aliphatic rings. The molecule has 0 aromatic carbocycles. The number of amides is 2. The number of nitrogens with one attached hydrogen (secondary N) is 1. The highest BCUT2D eigenvalue weighted by atomic mass is 32.2. The second-order valence-corrected chi connectivity index (χ2v) is 10.0. The molecule has 36 heavy (non-hydrogen) atoms. The van der Waals surface area contributed by atoms with Gasteiger partial charge in [-0.3, -0.25) is 19.3 Å². The highest BCUT2D eigenvalue weighted by Gasteiger charge is 2.55. The monoisotopic (exact) mass is 539 g/mol. The number of thioether (sulfide) groups is 1. The largest absolute Gasteiger partial charge is 0.426 e. The van der Waals surface area contributed by atoms with Gasteiger partial charge in [-0.1, -0.05) is 5.16 Å². The van der Waals surface area contributed by atoms with Crippen LogP contribution in [0.2, 0.25) is 0 Å². The highest BCUT2D eigenvalue weighted by molar-refractivity contribution is 8.00. The van der Waals surface area contributed by atoms with Crippen LogP contribution in [-0.4, -0.2) is 82.6 Å². The Morgan fingerprint density at radius 3 is 2.75 bits per heavy atom. The summed E-state index contributed by atoms with van der Waals surface area (Å²) < 4.78 is 16.0. The summed E-state index contributed by atoms with van der Waals surface area (Å²) >= 11 is 2.52. The van der Waals surface area contributed by atoms with E-state index < -0.39 is 41.5 Å². The van der Waals surface area contributed by atoms with Crippen LogP contribution in [0.15, 0.2) is 21.8 Å². The van der Waals surface area contributed by atoms with Gasteiger partial charge in [-0.15, -0.1) is 23.1 Å². The Labute approximate surface area is 214 Å². The highest BCUT2D eigenvalue weighted by Crippen LogP contribution is 2.43. The van der Waals surface area contributed by atoms with E-state index in [1.165, 1.54) is 37.6 Å². The first-order valence-electron chi connectivity index (χ1n) is 11.0. The lowest BCUT2D eigenvalue weighted by Gasteiger charge is -2.50. The predicted molar refractivity (Wildman–Crippen MR) is 128 cm³/mol. The van der Waals surface area contributed by atoms with Crippen molar-refractivity contribution in [3.05, 3.63) is 22.3 Å². The standard InChI is InChI=1S/C21H25N5O8S2/c1-9(27)33-10(2)34-20(30)16-11(13-5-4-6-32-13)7-35-19-15(18(29)26(16)19)24-17(28)14(25-31-3)12-8-36-21(22)23-12/h8,10,13,15,19H,4-7H2,1-3H3,(H2,22,23)(H,24,28)/b25-14+/t10?,13-,15+,19+/m0/s1. The maximum atomic E-state index is 13.2. The number of nitrogen functional groups attached to an aromatic ring is 1. The minimum Gasteiger partial charge on any atom is -0.426 e. The van der Waals surface area contributed by atoms with Crippen LogP contribution in [0.3, 0.4) is 0 Å². The maximum absolute atomic E-state index is 13.2.